The SMILES string of the molecule is Cl.O=C(CC1CSCCN1)Nc1ccc(F)cc1-c1nc2ccccc2s1. The molecule has 1 saturated heterocycles. The molecule has 8 heteroatoms. The second kappa shape index (κ2) is 9.01. The highest BCUT2D eigenvalue weighted by Crippen LogP contribution is 2.35. The fourth-order valence-corrected chi connectivity index (χ4v) is 4.91. The van der Waals surface area contributed by atoms with Gasteiger partial charge in [-0.05, 0) is 30.3 Å². The van der Waals surface area contributed by atoms with Crippen molar-refractivity contribution in [2.75, 3.05) is 23.4 Å². The van der Waals surface area contributed by atoms with E-state index in [2.05, 4.69) is 15.6 Å². The van der Waals surface area contributed by atoms with Gasteiger partial charge in [-0.25, -0.2) is 9.37 Å². The Morgan fingerprint density at radius 2 is 2.15 bits per heavy atom. The van der Waals surface area contributed by atoms with Crippen LogP contribution in [0.4, 0.5) is 10.1 Å². The monoisotopic (exact) mass is 423 g/mol. The average Bonchev–Trinajstić information content (AvgIpc) is 3.08. The van der Waals surface area contributed by atoms with Crippen LogP contribution < -0.4 is 10.6 Å². The molecule has 1 fully saturated rings. The number of rotatable bonds is 4. The molecule has 2 heterocycles. The van der Waals surface area contributed by atoms with Gasteiger partial charge in [0.1, 0.15) is 10.8 Å². The van der Waals surface area contributed by atoms with Crippen LogP contribution in [-0.2, 0) is 4.79 Å². The zero-order valence-corrected chi connectivity index (χ0v) is 16.9. The van der Waals surface area contributed by atoms with Crippen molar-refractivity contribution in [1.82, 2.24) is 10.3 Å². The Hall–Kier alpha value is -1.67. The number of thioether (sulfide) groups is 1. The average molecular weight is 424 g/mol. The number of nitrogens with one attached hydrogen (secondary N) is 2. The molecule has 1 aromatic heterocycles. The molecule has 2 N–H and O–H groups in total. The zero-order valence-electron chi connectivity index (χ0n) is 14.4. The number of fused-ring (bicyclic) bond motifs is 1. The van der Waals surface area contributed by atoms with Crippen LogP contribution in [-0.4, -0.2) is 35.0 Å². The molecule has 27 heavy (non-hydrogen) atoms. The number of carbonyl (C=O) groups is 1. The first-order valence-corrected chi connectivity index (χ1v) is 10.4. The van der Waals surface area contributed by atoms with Gasteiger partial charge in [-0.15, -0.1) is 23.7 Å². The third-order valence-corrected chi connectivity index (χ3v) is 6.41. The molecule has 4 nitrogen and oxygen atoms in total. The molecule has 2 aromatic carbocycles. The number of hydrogen-bond acceptors (Lipinski definition) is 5. The number of nitrogens with zero attached hydrogens (tertiary/aromatic N) is 1. The van der Waals surface area contributed by atoms with E-state index in [1.54, 1.807) is 6.07 Å². The van der Waals surface area contributed by atoms with E-state index in [9.17, 15) is 9.18 Å². The number of carbonyl (C=O) groups excluding carboxylic acids is 1. The highest BCUT2D eigenvalue weighted by atomic mass is 35.5. The number of para-hydroxylation sites is 1. The van der Waals surface area contributed by atoms with Crippen LogP contribution in [0.2, 0.25) is 0 Å². The number of hydrogen-bond donors (Lipinski definition) is 2. The van der Waals surface area contributed by atoms with Crippen molar-refractivity contribution in [1.29, 1.82) is 0 Å². The first-order chi connectivity index (χ1) is 12.7. The summed E-state index contributed by atoms with van der Waals surface area (Å²) in [6.45, 7) is 0.927. The predicted molar refractivity (Wildman–Crippen MR) is 115 cm³/mol. The molecule has 0 saturated carbocycles. The van der Waals surface area contributed by atoms with E-state index in [-0.39, 0.29) is 30.2 Å². The van der Waals surface area contributed by atoms with E-state index in [1.807, 2.05) is 36.0 Å². The zero-order chi connectivity index (χ0) is 17.9. The highest BCUT2D eigenvalue weighted by molar-refractivity contribution is 7.99. The van der Waals surface area contributed by atoms with Crippen molar-refractivity contribution in [3.63, 3.8) is 0 Å². The van der Waals surface area contributed by atoms with Gasteiger partial charge in [0.25, 0.3) is 0 Å². The lowest BCUT2D eigenvalue weighted by molar-refractivity contribution is -0.116. The van der Waals surface area contributed by atoms with E-state index in [0.29, 0.717) is 22.7 Å². The first-order valence-electron chi connectivity index (χ1n) is 8.45. The number of anilines is 1. The summed E-state index contributed by atoms with van der Waals surface area (Å²) in [6.07, 6.45) is 0.406. The summed E-state index contributed by atoms with van der Waals surface area (Å²) in [5.41, 5.74) is 2.09. The smallest absolute Gasteiger partial charge is 0.225 e. The second-order valence-corrected chi connectivity index (χ2v) is 8.34. The van der Waals surface area contributed by atoms with Crippen LogP contribution in [0.3, 0.4) is 0 Å². The number of halogens is 2. The lowest BCUT2D eigenvalue weighted by Crippen LogP contribution is -2.39. The topological polar surface area (TPSA) is 54.0 Å². The van der Waals surface area contributed by atoms with Crippen molar-refractivity contribution in [3.05, 3.63) is 48.3 Å². The van der Waals surface area contributed by atoms with Gasteiger partial charge in [0.05, 0.1) is 15.9 Å². The molecule has 1 amide bonds. The fourth-order valence-electron chi connectivity index (χ4n) is 2.97. The van der Waals surface area contributed by atoms with Crippen LogP contribution in [0.15, 0.2) is 42.5 Å². The molecule has 0 aliphatic carbocycles. The van der Waals surface area contributed by atoms with Crippen molar-refractivity contribution >= 4 is 57.3 Å². The van der Waals surface area contributed by atoms with Gasteiger partial charge in [0.15, 0.2) is 0 Å². The molecule has 0 radical (unpaired) electrons. The number of benzene rings is 2. The standard InChI is InChI=1S/C19H18FN3OS2.ClH/c20-12-5-6-15(22-18(24)10-13-11-25-8-7-21-13)14(9-12)19-23-16-3-1-2-4-17(16)26-19;/h1-6,9,13,21H,7-8,10-11H2,(H,22,24);1H. The summed E-state index contributed by atoms with van der Waals surface area (Å²) >= 11 is 3.35. The molecule has 142 valence electrons. The van der Waals surface area contributed by atoms with Gasteiger partial charge >= 0.3 is 0 Å². The van der Waals surface area contributed by atoms with Gasteiger partial charge in [-0.1, -0.05) is 12.1 Å². The Morgan fingerprint density at radius 3 is 2.93 bits per heavy atom. The van der Waals surface area contributed by atoms with Crippen LogP contribution in [0.5, 0.6) is 0 Å². The number of aromatic nitrogens is 1. The van der Waals surface area contributed by atoms with Crippen molar-refractivity contribution in [2.45, 2.75) is 12.5 Å². The predicted octanol–water partition coefficient (Wildman–Crippen LogP) is 4.56. The molecule has 1 aliphatic rings. The number of thiazole rings is 1. The molecular weight excluding hydrogens is 405 g/mol. The maximum atomic E-state index is 13.8. The molecule has 3 aromatic rings. The van der Waals surface area contributed by atoms with Crippen molar-refractivity contribution in [3.8, 4) is 10.6 Å². The van der Waals surface area contributed by atoms with Gasteiger partial charge < -0.3 is 10.6 Å². The third-order valence-electron chi connectivity index (χ3n) is 4.21. The van der Waals surface area contributed by atoms with Gasteiger partial charge in [-0.3, -0.25) is 4.79 Å². The summed E-state index contributed by atoms with van der Waals surface area (Å²) < 4.78 is 14.9. The first kappa shape index (κ1) is 20.1. The van der Waals surface area contributed by atoms with Gasteiger partial charge in [-0.2, -0.15) is 11.8 Å². The Morgan fingerprint density at radius 1 is 1.30 bits per heavy atom. The molecule has 0 bridgehead atoms. The highest BCUT2D eigenvalue weighted by Gasteiger charge is 2.19. The molecule has 0 spiro atoms. The van der Waals surface area contributed by atoms with E-state index in [1.165, 1.54) is 23.5 Å². The molecule has 4 rings (SSSR count). The van der Waals surface area contributed by atoms with Gasteiger partial charge in [0, 0.05) is 36.1 Å². The summed E-state index contributed by atoms with van der Waals surface area (Å²) in [4.78, 5) is 17.0. The Balaban J connectivity index is 0.00000210. The Bertz CT molecular complexity index is 911. The summed E-state index contributed by atoms with van der Waals surface area (Å²) in [5, 5.41) is 7.00. The fraction of sp³-hybridized carbons (Fsp3) is 0.263. The van der Waals surface area contributed by atoms with Crippen molar-refractivity contribution in [2.24, 2.45) is 0 Å². The quantitative estimate of drug-likeness (QED) is 0.646. The summed E-state index contributed by atoms with van der Waals surface area (Å²) in [6, 6.07) is 12.4. The van der Waals surface area contributed by atoms with Crippen LogP contribution in [0.25, 0.3) is 20.8 Å². The van der Waals surface area contributed by atoms with E-state index in [0.717, 1.165) is 28.3 Å². The largest absolute Gasteiger partial charge is 0.325 e. The minimum Gasteiger partial charge on any atom is -0.325 e. The van der Waals surface area contributed by atoms with Crippen molar-refractivity contribution < 1.29 is 9.18 Å². The van der Waals surface area contributed by atoms with Crippen LogP contribution in [0.1, 0.15) is 6.42 Å². The minimum absolute atomic E-state index is 0. The van der Waals surface area contributed by atoms with E-state index < -0.39 is 0 Å². The molecule has 1 atom stereocenters. The number of amides is 1. The molecular formula is C19H19ClFN3OS2. The third kappa shape index (κ3) is 4.79. The minimum atomic E-state index is -0.345. The summed E-state index contributed by atoms with van der Waals surface area (Å²) in [7, 11) is 0. The van der Waals surface area contributed by atoms with Crippen LogP contribution in [0, 0.1) is 5.82 Å². The maximum Gasteiger partial charge on any atom is 0.225 e. The second-order valence-electron chi connectivity index (χ2n) is 6.15. The normalized spacial score (nSPS) is 16.7. The lowest BCUT2D eigenvalue weighted by Gasteiger charge is -2.22. The maximum absolute atomic E-state index is 13.8. The van der Waals surface area contributed by atoms with E-state index >= 15 is 0 Å². The van der Waals surface area contributed by atoms with Crippen LogP contribution >= 0.6 is 35.5 Å². The Labute approximate surface area is 171 Å². The molecule has 1 aliphatic heterocycles. The lowest BCUT2D eigenvalue weighted by atomic mass is 10.1. The van der Waals surface area contributed by atoms with Gasteiger partial charge in [0.2, 0.25) is 5.91 Å². The molecule has 1 unspecified atom stereocenters. The van der Waals surface area contributed by atoms with E-state index in [4.69, 9.17) is 0 Å². The Kier molecular flexibility index (Phi) is 6.70. The summed E-state index contributed by atoms with van der Waals surface area (Å²) in [5.74, 6) is 1.60.